The van der Waals surface area contributed by atoms with E-state index in [1.54, 1.807) is 18.3 Å². The molecule has 3 aromatic heterocycles. The number of halogens is 2. The standard InChI is InChI=1S/C27H29ClFN7O/c28-21-3-4-23(29)20(14-21)17-35-10-1-2-19(16-35)26-34-33-25-15-18(6-11-36(25)26)24-5-9-30-27(32-24)31-22-7-12-37-13-8-22/h3-6,9,11,14-15,19,22H,1-2,7-8,10,12-13,16-17H2,(H,30,31,32). The fraction of sp³-hybridized carbons (Fsp3) is 0.407. The third kappa shape index (κ3) is 5.44. The lowest BCUT2D eigenvalue weighted by Crippen LogP contribution is -2.34. The fourth-order valence-electron chi connectivity index (χ4n) is 5.28. The first-order valence-electron chi connectivity index (χ1n) is 12.8. The lowest BCUT2D eigenvalue weighted by Gasteiger charge is -2.32. The Morgan fingerprint density at radius 2 is 1.97 bits per heavy atom. The summed E-state index contributed by atoms with van der Waals surface area (Å²) in [4.78, 5) is 11.4. The number of nitrogens with one attached hydrogen (secondary N) is 1. The van der Waals surface area contributed by atoms with Gasteiger partial charge >= 0.3 is 0 Å². The minimum atomic E-state index is -0.220. The number of fused-ring (bicyclic) bond motifs is 1. The average molecular weight is 522 g/mol. The summed E-state index contributed by atoms with van der Waals surface area (Å²) >= 11 is 6.10. The van der Waals surface area contributed by atoms with Crippen molar-refractivity contribution >= 4 is 23.2 Å². The van der Waals surface area contributed by atoms with Crippen LogP contribution in [-0.2, 0) is 11.3 Å². The number of rotatable bonds is 6. The van der Waals surface area contributed by atoms with E-state index in [1.165, 1.54) is 6.07 Å². The number of aromatic nitrogens is 5. The Bertz CT molecular complexity index is 1390. The molecule has 1 aromatic carbocycles. The van der Waals surface area contributed by atoms with Crippen molar-refractivity contribution < 1.29 is 9.13 Å². The molecule has 0 bridgehead atoms. The van der Waals surface area contributed by atoms with Gasteiger partial charge in [-0.1, -0.05) is 11.6 Å². The van der Waals surface area contributed by atoms with E-state index in [4.69, 9.17) is 21.3 Å². The van der Waals surface area contributed by atoms with E-state index in [0.717, 1.165) is 74.7 Å². The summed E-state index contributed by atoms with van der Waals surface area (Å²) in [6.07, 6.45) is 7.74. The molecular formula is C27H29ClFN7O. The highest BCUT2D eigenvalue weighted by atomic mass is 35.5. The van der Waals surface area contributed by atoms with Crippen LogP contribution >= 0.6 is 11.6 Å². The number of benzene rings is 1. The van der Waals surface area contributed by atoms with E-state index < -0.39 is 0 Å². The summed E-state index contributed by atoms with van der Waals surface area (Å²) in [7, 11) is 0. The van der Waals surface area contributed by atoms with Crippen LogP contribution in [0.15, 0.2) is 48.8 Å². The molecule has 37 heavy (non-hydrogen) atoms. The molecule has 5 heterocycles. The van der Waals surface area contributed by atoms with Crippen LogP contribution in [0.5, 0.6) is 0 Å². The van der Waals surface area contributed by atoms with E-state index in [1.807, 2.05) is 24.4 Å². The normalized spacial score (nSPS) is 19.4. The maximum absolute atomic E-state index is 14.3. The van der Waals surface area contributed by atoms with E-state index >= 15 is 0 Å². The number of likely N-dealkylation sites (tertiary alicyclic amines) is 1. The summed E-state index contributed by atoms with van der Waals surface area (Å²) in [5, 5.41) is 13.0. The Morgan fingerprint density at radius 1 is 1.08 bits per heavy atom. The lowest BCUT2D eigenvalue weighted by atomic mass is 9.96. The van der Waals surface area contributed by atoms with Crippen molar-refractivity contribution in [3.8, 4) is 11.3 Å². The Hall–Kier alpha value is -3.14. The summed E-state index contributed by atoms with van der Waals surface area (Å²) in [5.74, 6) is 1.56. The molecule has 2 saturated heterocycles. The van der Waals surface area contributed by atoms with Gasteiger partial charge in [-0.25, -0.2) is 14.4 Å². The second-order valence-electron chi connectivity index (χ2n) is 9.81. The second-order valence-corrected chi connectivity index (χ2v) is 10.2. The van der Waals surface area contributed by atoms with Gasteiger partial charge in [0, 0.05) is 66.8 Å². The van der Waals surface area contributed by atoms with E-state index in [0.29, 0.717) is 29.1 Å². The quantitative estimate of drug-likeness (QED) is 0.384. The molecule has 2 aliphatic rings. The molecule has 0 aliphatic carbocycles. The zero-order chi connectivity index (χ0) is 25.2. The van der Waals surface area contributed by atoms with Gasteiger partial charge in [0.1, 0.15) is 11.6 Å². The lowest BCUT2D eigenvalue weighted by molar-refractivity contribution is 0.0903. The molecule has 6 rings (SSSR count). The number of nitrogens with zero attached hydrogens (tertiary/aromatic N) is 6. The molecule has 0 saturated carbocycles. The van der Waals surface area contributed by atoms with Gasteiger partial charge in [0.05, 0.1) is 5.69 Å². The first-order chi connectivity index (χ1) is 18.1. The fourth-order valence-corrected chi connectivity index (χ4v) is 5.47. The van der Waals surface area contributed by atoms with Crippen LogP contribution in [0.25, 0.3) is 16.9 Å². The van der Waals surface area contributed by atoms with Gasteiger partial charge in [-0.3, -0.25) is 9.30 Å². The van der Waals surface area contributed by atoms with Crippen LogP contribution in [0.2, 0.25) is 5.02 Å². The highest BCUT2D eigenvalue weighted by molar-refractivity contribution is 6.30. The van der Waals surface area contributed by atoms with E-state index in [-0.39, 0.29) is 11.7 Å². The molecule has 8 nitrogen and oxygen atoms in total. The van der Waals surface area contributed by atoms with Gasteiger partial charge in [-0.15, -0.1) is 10.2 Å². The maximum atomic E-state index is 14.3. The van der Waals surface area contributed by atoms with Crippen LogP contribution in [0, 0.1) is 5.82 Å². The molecule has 1 atom stereocenters. The number of ether oxygens (including phenoxy) is 1. The zero-order valence-corrected chi connectivity index (χ0v) is 21.2. The number of piperidine rings is 1. The van der Waals surface area contributed by atoms with Gasteiger partial charge in [-0.05, 0) is 68.6 Å². The van der Waals surface area contributed by atoms with E-state index in [9.17, 15) is 4.39 Å². The molecule has 10 heteroatoms. The van der Waals surface area contributed by atoms with E-state index in [2.05, 4.69) is 29.8 Å². The number of pyridine rings is 1. The number of hydrogen-bond acceptors (Lipinski definition) is 7. The number of anilines is 1. The van der Waals surface area contributed by atoms with Crippen LogP contribution < -0.4 is 5.32 Å². The molecule has 4 aromatic rings. The smallest absolute Gasteiger partial charge is 0.223 e. The van der Waals surface area contributed by atoms with Gasteiger partial charge in [-0.2, -0.15) is 0 Å². The molecule has 2 fully saturated rings. The van der Waals surface area contributed by atoms with Crippen molar-refractivity contribution in [2.24, 2.45) is 0 Å². The largest absolute Gasteiger partial charge is 0.381 e. The van der Waals surface area contributed by atoms with Gasteiger partial charge in [0.25, 0.3) is 0 Å². The van der Waals surface area contributed by atoms with Crippen molar-refractivity contribution in [2.45, 2.75) is 44.2 Å². The third-order valence-corrected chi connectivity index (χ3v) is 7.45. The van der Waals surface area contributed by atoms with Gasteiger partial charge in [0.2, 0.25) is 5.95 Å². The first kappa shape index (κ1) is 24.2. The van der Waals surface area contributed by atoms with Crippen molar-refractivity contribution in [1.29, 1.82) is 0 Å². The van der Waals surface area contributed by atoms with Crippen molar-refractivity contribution in [1.82, 2.24) is 29.5 Å². The highest BCUT2D eigenvalue weighted by Gasteiger charge is 2.26. The van der Waals surface area contributed by atoms with Crippen molar-refractivity contribution in [3.05, 3.63) is 71.0 Å². The minimum absolute atomic E-state index is 0.214. The zero-order valence-electron chi connectivity index (χ0n) is 20.5. The summed E-state index contributed by atoms with van der Waals surface area (Å²) in [5.41, 5.74) is 3.21. The Kier molecular flexibility index (Phi) is 6.99. The molecule has 192 valence electrons. The molecule has 1 N–H and O–H groups in total. The Balaban J connectivity index is 1.18. The van der Waals surface area contributed by atoms with Gasteiger partial charge in [0.15, 0.2) is 5.65 Å². The van der Waals surface area contributed by atoms with Crippen molar-refractivity contribution in [2.75, 3.05) is 31.6 Å². The van der Waals surface area contributed by atoms with Crippen LogP contribution in [-0.4, -0.2) is 61.8 Å². The highest BCUT2D eigenvalue weighted by Crippen LogP contribution is 2.29. The molecule has 0 spiro atoms. The van der Waals surface area contributed by atoms with Crippen LogP contribution in [0.4, 0.5) is 10.3 Å². The molecule has 0 amide bonds. The summed E-state index contributed by atoms with van der Waals surface area (Å²) < 4.78 is 21.8. The predicted octanol–water partition coefficient (Wildman–Crippen LogP) is 4.95. The SMILES string of the molecule is Fc1ccc(Cl)cc1CN1CCCC(c2nnc3cc(-c4ccnc(NC5CCOCC5)n4)ccn23)C1. The van der Waals surface area contributed by atoms with Crippen LogP contribution in [0.1, 0.15) is 43.0 Å². The summed E-state index contributed by atoms with van der Waals surface area (Å²) in [6, 6.07) is 11.0. The third-order valence-electron chi connectivity index (χ3n) is 7.21. The summed E-state index contributed by atoms with van der Waals surface area (Å²) in [6.45, 7) is 3.77. The molecular weight excluding hydrogens is 493 g/mol. The Labute approximate surface area is 219 Å². The van der Waals surface area contributed by atoms with Crippen molar-refractivity contribution in [3.63, 3.8) is 0 Å². The molecule has 1 unspecified atom stereocenters. The average Bonchev–Trinajstić information content (AvgIpc) is 3.35. The number of hydrogen-bond donors (Lipinski definition) is 1. The predicted molar refractivity (Wildman–Crippen MR) is 140 cm³/mol. The second kappa shape index (κ2) is 10.7. The minimum Gasteiger partial charge on any atom is -0.381 e. The Morgan fingerprint density at radius 3 is 2.86 bits per heavy atom. The monoisotopic (exact) mass is 521 g/mol. The maximum Gasteiger partial charge on any atom is 0.223 e. The van der Waals surface area contributed by atoms with Gasteiger partial charge < -0.3 is 10.1 Å². The molecule has 0 radical (unpaired) electrons. The topological polar surface area (TPSA) is 80.5 Å². The molecule has 2 aliphatic heterocycles. The van der Waals surface area contributed by atoms with Crippen LogP contribution in [0.3, 0.4) is 0 Å². The first-order valence-corrected chi connectivity index (χ1v) is 13.2.